The molecule has 1 heterocycles. The number of aliphatic hydroxyl groups excluding tert-OH is 1. The number of likely N-dealkylation sites (tertiary alicyclic amines) is 1. The summed E-state index contributed by atoms with van der Waals surface area (Å²) in [4.78, 5) is 13.2. The predicted molar refractivity (Wildman–Crippen MR) is 55.7 cm³/mol. The Kier molecular flexibility index (Phi) is 2.42. The third-order valence-corrected chi connectivity index (χ3v) is 3.34. The molecular formula is C11H18FNO3. The number of hydrogen-bond donors (Lipinski definition) is 1. The van der Waals surface area contributed by atoms with Gasteiger partial charge in [0.1, 0.15) is 11.3 Å². The summed E-state index contributed by atoms with van der Waals surface area (Å²) >= 11 is 0. The second-order valence-corrected chi connectivity index (χ2v) is 5.68. The molecule has 2 fully saturated rings. The van der Waals surface area contributed by atoms with Crippen LogP contribution in [0.15, 0.2) is 0 Å². The van der Waals surface area contributed by atoms with Crippen molar-refractivity contribution in [2.24, 2.45) is 11.8 Å². The Labute approximate surface area is 94.4 Å². The number of ether oxygens (including phenoxy) is 1. The molecule has 3 atom stereocenters. The summed E-state index contributed by atoms with van der Waals surface area (Å²) in [6.07, 6.45) is -0.389. The SMILES string of the molecule is CC(C)(C)OC(=O)N1C[C@@H]2[C@H](C1)C2(F)CO. The molecule has 0 radical (unpaired) electrons. The highest BCUT2D eigenvalue weighted by Crippen LogP contribution is 2.57. The maximum atomic E-state index is 13.7. The van der Waals surface area contributed by atoms with E-state index in [4.69, 9.17) is 9.84 Å². The van der Waals surface area contributed by atoms with Crippen LogP contribution in [-0.2, 0) is 4.74 Å². The third kappa shape index (κ3) is 1.77. The fraction of sp³-hybridized carbons (Fsp3) is 0.909. The summed E-state index contributed by atoms with van der Waals surface area (Å²) in [5, 5.41) is 8.87. The molecular weight excluding hydrogens is 213 g/mol. The van der Waals surface area contributed by atoms with Crippen molar-refractivity contribution in [1.82, 2.24) is 4.90 Å². The quantitative estimate of drug-likeness (QED) is 0.737. The predicted octanol–water partition coefficient (Wildman–Crippen LogP) is 1.18. The van der Waals surface area contributed by atoms with Crippen LogP contribution in [0.2, 0.25) is 0 Å². The topological polar surface area (TPSA) is 49.8 Å². The zero-order chi connectivity index (χ0) is 12.1. The summed E-state index contributed by atoms with van der Waals surface area (Å²) in [7, 11) is 0. The minimum absolute atomic E-state index is 0.204. The molecule has 2 rings (SSSR count). The Balaban J connectivity index is 1.87. The molecule has 5 heteroatoms. The number of carbonyl (C=O) groups excluding carboxylic acids is 1. The highest BCUT2D eigenvalue weighted by molar-refractivity contribution is 5.69. The van der Waals surface area contributed by atoms with Gasteiger partial charge in [0.15, 0.2) is 0 Å². The van der Waals surface area contributed by atoms with E-state index < -0.39 is 17.9 Å². The monoisotopic (exact) mass is 231 g/mol. The van der Waals surface area contributed by atoms with Crippen molar-refractivity contribution in [2.75, 3.05) is 19.7 Å². The maximum Gasteiger partial charge on any atom is 0.410 e. The van der Waals surface area contributed by atoms with Gasteiger partial charge in [0.05, 0.1) is 6.61 Å². The van der Waals surface area contributed by atoms with E-state index in [1.807, 2.05) is 0 Å². The molecule has 0 spiro atoms. The minimum Gasteiger partial charge on any atom is -0.444 e. The molecule has 0 bridgehead atoms. The van der Waals surface area contributed by atoms with Gasteiger partial charge in [0.2, 0.25) is 0 Å². The van der Waals surface area contributed by atoms with Crippen molar-refractivity contribution in [3.8, 4) is 0 Å². The summed E-state index contributed by atoms with van der Waals surface area (Å²) in [6, 6.07) is 0. The van der Waals surface area contributed by atoms with E-state index in [0.717, 1.165) is 0 Å². The van der Waals surface area contributed by atoms with Crippen molar-refractivity contribution in [1.29, 1.82) is 0 Å². The van der Waals surface area contributed by atoms with Gasteiger partial charge in [-0.25, -0.2) is 9.18 Å². The van der Waals surface area contributed by atoms with E-state index >= 15 is 0 Å². The van der Waals surface area contributed by atoms with Crippen molar-refractivity contribution < 1.29 is 19.0 Å². The number of alkyl halides is 1. The Morgan fingerprint density at radius 1 is 1.50 bits per heavy atom. The molecule has 4 nitrogen and oxygen atoms in total. The van der Waals surface area contributed by atoms with E-state index in [2.05, 4.69) is 0 Å². The second kappa shape index (κ2) is 3.32. The number of nitrogens with zero attached hydrogens (tertiary/aromatic N) is 1. The number of hydrogen-bond acceptors (Lipinski definition) is 3. The maximum absolute atomic E-state index is 13.7. The lowest BCUT2D eigenvalue weighted by Gasteiger charge is -2.26. The largest absolute Gasteiger partial charge is 0.444 e. The molecule has 1 amide bonds. The fourth-order valence-corrected chi connectivity index (χ4v) is 2.38. The van der Waals surface area contributed by atoms with Crippen LogP contribution >= 0.6 is 0 Å². The first-order valence-electron chi connectivity index (χ1n) is 5.55. The molecule has 1 aliphatic carbocycles. The van der Waals surface area contributed by atoms with Gasteiger partial charge in [-0.3, -0.25) is 0 Å². The van der Waals surface area contributed by atoms with Gasteiger partial charge in [0.25, 0.3) is 0 Å². The molecule has 92 valence electrons. The summed E-state index contributed by atoms with van der Waals surface area (Å²) in [6.45, 7) is 5.68. The standard InChI is InChI=1S/C11H18FNO3/c1-10(2,3)16-9(15)13-4-7-8(5-13)11(7,12)6-14/h7-8,14H,4-6H2,1-3H3/t7-,8+,11?. The second-order valence-electron chi connectivity index (χ2n) is 5.68. The van der Waals surface area contributed by atoms with Crippen molar-refractivity contribution >= 4 is 6.09 Å². The summed E-state index contributed by atoms with van der Waals surface area (Å²) in [5.41, 5.74) is -1.97. The zero-order valence-electron chi connectivity index (χ0n) is 9.86. The number of piperidine rings is 1. The lowest BCUT2D eigenvalue weighted by Crippen LogP contribution is -2.39. The number of halogens is 1. The van der Waals surface area contributed by atoms with Gasteiger partial charge in [-0.1, -0.05) is 0 Å². The van der Waals surface area contributed by atoms with Gasteiger partial charge in [0, 0.05) is 24.9 Å². The Morgan fingerprint density at radius 2 is 2.00 bits per heavy atom. The van der Waals surface area contributed by atoms with Crippen LogP contribution in [0.3, 0.4) is 0 Å². The van der Waals surface area contributed by atoms with Crippen LogP contribution in [0.25, 0.3) is 0 Å². The average molecular weight is 231 g/mol. The molecule has 1 saturated carbocycles. The van der Waals surface area contributed by atoms with E-state index in [1.165, 1.54) is 4.90 Å². The smallest absolute Gasteiger partial charge is 0.410 e. The summed E-state index contributed by atoms with van der Waals surface area (Å²) in [5.74, 6) is -0.407. The first kappa shape index (κ1) is 11.6. The van der Waals surface area contributed by atoms with Crippen LogP contribution in [0.5, 0.6) is 0 Å². The van der Waals surface area contributed by atoms with Gasteiger partial charge in [-0.15, -0.1) is 0 Å². The van der Waals surface area contributed by atoms with Crippen LogP contribution in [0, 0.1) is 11.8 Å². The van der Waals surface area contributed by atoms with Gasteiger partial charge in [-0.05, 0) is 20.8 Å². The minimum atomic E-state index is -1.45. The molecule has 1 N–H and O–H groups in total. The van der Waals surface area contributed by atoms with Crippen LogP contribution < -0.4 is 0 Å². The number of aliphatic hydroxyl groups is 1. The first-order valence-corrected chi connectivity index (χ1v) is 5.55. The molecule has 0 aromatic rings. The normalized spacial score (nSPS) is 37.2. The van der Waals surface area contributed by atoms with Crippen molar-refractivity contribution in [3.63, 3.8) is 0 Å². The molecule has 0 aromatic heterocycles. The lowest BCUT2D eigenvalue weighted by molar-refractivity contribution is 0.0210. The van der Waals surface area contributed by atoms with Crippen LogP contribution in [0.1, 0.15) is 20.8 Å². The van der Waals surface area contributed by atoms with E-state index in [9.17, 15) is 9.18 Å². The molecule has 1 unspecified atom stereocenters. The zero-order valence-corrected chi connectivity index (χ0v) is 9.86. The van der Waals surface area contributed by atoms with E-state index in [-0.39, 0.29) is 17.9 Å². The lowest BCUT2D eigenvalue weighted by atomic mass is 10.2. The average Bonchev–Trinajstić information content (AvgIpc) is 2.59. The number of fused-ring (bicyclic) bond motifs is 1. The van der Waals surface area contributed by atoms with Crippen molar-refractivity contribution in [3.05, 3.63) is 0 Å². The Morgan fingerprint density at radius 3 is 2.38 bits per heavy atom. The molecule has 1 aliphatic heterocycles. The Hall–Kier alpha value is -0.840. The van der Waals surface area contributed by atoms with Gasteiger partial charge < -0.3 is 14.7 Å². The number of carbonyl (C=O) groups is 1. The number of amides is 1. The fourth-order valence-electron chi connectivity index (χ4n) is 2.38. The first-order chi connectivity index (χ1) is 7.28. The molecule has 1 saturated heterocycles. The molecule has 16 heavy (non-hydrogen) atoms. The van der Waals surface area contributed by atoms with Gasteiger partial charge in [-0.2, -0.15) is 0 Å². The Bertz CT molecular complexity index is 301. The van der Waals surface area contributed by atoms with Gasteiger partial charge >= 0.3 is 6.09 Å². The van der Waals surface area contributed by atoms with Crippen LogP contribution in [0.4, 0.5) is 9.18 Å². The van der Waals surface area contributed by atoms with E-state index in [0.29, 0.717) is 13.1 Å². The third-order valence-electron chi connectivity index (χ3n) is 3.34. The summed E-state index contributed by atoms with van der Waals surface area (Å²) < 4.78 is 18.9. The highest BCUT2D eigenvalue weighted by Gasteiger charge is 2.70. The molecule has 2 aliphatic rings. The van der Waals surface area contributed by atoms with Crippen LogP contribution in [-0.4, -0.2) is 47.1 Å². The molecule has 0 aromatic carbocycles. The van der Waals surface area contributed by atoms with Crippen molar-refractivity contribution in [2.45, 2.75) is 32.0 Å². The van der Waals surface area contributed by atoms with E-state index in [1.54, 1.807) is 20.8 Å². The number of rotatable bonds is 1. The highest BCUT2D eigenvalue weighted by atomic mass is 19.1.